The molecule has 20 heavy (non-hydrogen) atoms. The molecule has 1 aliphatic rings. The molecule has 110 valence electrons. The van der Waals surface area contributed by atoms with Gasteiger partial charge in [-0.15, -0.1) is 0 Å². The standard InChI is InChI=1S/C12H12BrF3N2O2/c13-9-3-8(4-17-5-9)6-18-2-1-11(7-18,10(19)20)12(14,15)16/h3-5H,1-2,6-7H2,(H,19,20). The Morgan fingerprint density at radius 3 is 2.70 bits per heavy atom. The number of likely N-dealkylation sites (tertiary alicyclic amines) is 1. The molecule has 1 atom stereocenters. The lowest BCUT2D eigenvalue weighted by atomic mass is 9.86. The fourth-order valence-electron chi connectivity index (χ4n) is 2.35. The van der Waals surface area contributed by atoms with E-state index in [1.54, 1.807) is 18.5 Å². The molecule has 0 radical (unpaired) electrons. The smallest absolute Gasteiger partial charge is 0.406 e. The molecule has 1 aromatic heterocycles. The van der Waals surface area contributed by atoms with E-state index in [-0.39, 0.29) is 13.1 Å². The fraction of sp³-hybridized carbons (Fsp3) is 0.500. The summed E-state index contributed by atoms with van der Waals surface area (Å²) in [6.07, 6.45) is -2.04. The third kappa shape index (κ3) is 2.80. The van der Waals surface area contributed by atoms with Crippen molar-refractivity contribution in [3.05, 3.63) is 28.5 Å². The van der Waals surface area contributed by atoms with Crippen LogP contribution in [0.25, 0.3) is 0 Å². The molecule has 0 saturated carbocycles. The van der Waals surface area contributed by atoms with Gasteiger partial charge in [-0.05, 0) is 34.0 Å². The summed E-state index contributed by atoms with van der Waals surface area (Å²) < 4.78 is 39.8. The number of alkyl halides is 3. The van der Waals surface area contributed by atoms with Crippen molar-refractivity contribution >= 4 is 21.9 Å². The van der Waals surface area contributed by atoms with Crippen molar-refractivity contribution in [3.63, 3.8) is 0 Å². The van der Waals surface area contributed by atoms with Crippen molar-refractivity contribution in [2.45, 2.75) is 19.1 Å². The second-order valence-electron chi connectivity index (χ2n) is 4.86. The molecule has 4 nitrogen and oxygen atoms in total. The Kier molecular flexibility index (Phi) is 4.06. The summed E-state index contributed by atoms with van der Waals surface area (Å²) in [5, 5.41) is 8.96. The minimum Gasteiger partial charge on any atom is -0.481 e. The van der Waals surface area contributed by atoms with E-state index < -0.39 is 30.5 Å². The van der Waals surface area contributed by atoms with Crippen LogP contribution in [-0.4, -0.2) is 40.2 Å². The van der Waals surface area contributed by atoms with Crippen molar-refractivity contribution in [2.24, 2.45) is 5.41 Å². The van der Waals surface area contributed by atoms with Crippen LogP contribution >= 0.6 is 15.9 Å². The van der Waals surface area contributed by atoms with Crippen LogP contribution in [0.5, 0.6) is 0 Å². The van der Waals surface area contributed by atoms with Crippen molar-refractivity contribution in [1.82, 2.24) is 9.88 Å². The van der Waals surface area contributed by atoms with E-state index in [0.29, 0.717) is 0 Å². The van der Waals surface area contributed by atoms with Gasteiger partial charge in [0.05, 0.1) is 0 Å². The van der Waals surface area contributed by atoms with Crippen LogP contribution in [0.15, 0.2) is 22.9 Å². The van der Waals surface area contributed by atoms with E-state index in [1.807, 2.05) is 0 Å². The number of carbonyl (C=O) groups is 1. The third-order valence-corrected chi connectivity index (χ3v) is 3.90. The fourth-order valence-corrected chi connectivity index (χ4v) is 2.76. The molecule has 0 bridgehead atoms. The molecule has 1 aliphatic heterocycles. The van der Waals surface area contributed by atoms with Crippen LogP contribution in [0.2, 0.25) is 0 Å². The molecule has 1 unspecified atom stereocenters. The minimum absolute atomic E-state index is 0.0956. The topological polar surface area (TPSA) is 53.4 Å². The quantitative estimate of drug-likeness (QED) is 0.908. The van der Waals surface area contributed by atoms with Gasteiger partial charge in [-0.25, -0.2) is 0 Å². The van der Waals surface area contributed by atoms with E-state index in [2.05, 4.69) is 20.9 Å². The van der Waals surface area contributed by atoms with Crippen molar-refractivity contribution < 1.29 is 23.1 Å². The number of hydrogen-bond acceptors (Lipinski definition) is 3. The summed E-state index contributed by atoms with van der Waals surface area (Å²) in [6.45, 7) is -0.186. The van der Waals surface area contributed by atoms with Gasteiger partial charge in [0.1, 0.15) is 0 Å². The second kappa shape index (κ2) is 5.33. The van der Waals surface area contributed by atoms with Crippen LogP contribution in [0.1, 0.15) is 12.0 Å². The zero-order valence-electron chi connectivity index (χ0n) is 10.3. The Morgan fingerprint density at radius 1 is 1.50 bits per heavy atom. The molecule has 0 spiro atoms. The zero-order chi connectivity index (χ0) is 15.0. The van der Waals surface area contributed by atoms with E-state index in [0.717, 1.165) is 10.0 Å². The largest absolute Gasteiger partial charge is 0.481 e. The zero-order valence-corrected chi connectivity index (χ0v) is 11.9. The van der Waals surface area contributed by atoms with Gasteiger partial charge in [-0.2, -0.15) is 13.2 Å². The summed E-state index contributed by atoms with van der Waals surface area (Å²) in [5.41, 5.74) is -1.92. The van der Waals surface area contributed by atoms with Gasteiger partial charge >= 0.3 is 12.1 Å². The minimum atomic E-state index is -4.75. The highest BCUT2D eigenvalue weighted by atomic mass is 79.9. The molecular formula is C12H12BrF3N2O2. The molecule has 0 aromatic carbocycles. The first-order chi connectivity index (χ1) is 9.24. The molecule has 1 fully saturated rings. The van der Waals surface area contributed by atoms with E-state index >= 15 is 0 Å². The average molecular weight is 353 g/mol. The molecule has 1 saturated heterocycles. The lowest BCUT2D eigenvalue weighted by Gasteiger charge is -2.27. The van der Waals surface area contributed by atoms with Gasteiger partial charge in [0.15, 0.2) is 5.41 Å². The van der Waals surface area contributed by atoms with Gasteiger partial charge in [-0.1, -0.05) is 0 Å². The Morgan fingerprint density at radius 2 is 2.20 bits per heavy atom. The highest BCUT2D eigenvalue weighted by Crippen LogP contribution is 2.45. The molecular weight excluding hydrogens is 341 g/mol. The number of aliphatic carboxylic acids is 1. The molecule has 8 heteroatoms. The van der Waals surface area contributed by atoms with Gasteiger partial charge in [0.25, 0.3) is 0 Å². The molecule has 1 aromatic rings. The lowest BCUT2D eigenvalue weighted by Crippen LogP contribution is -2.47. The predicted molar refractivity (Wildman–Crippen MR) is 68.0 cm³/mol. The van der Waals surface area contributed by atoms with E-state index in [9.17, 15) is 18.0 Å². The number of carboxylic acids is 1. The second-order valence-corrected chi connectivity index (χ2v) is 5.77. The first-order valence-corrected chi connectivity index (χ1v) is 6.66. The first kappa shape index (κ1) is 15.2. The number of pyridine rings is 1. The monoisotopic (exact) mass is 352 g/mol. The van der Waals surface area contributed by atoms with Gasteiger partial charge in [0.2, 0.25) is 0 Å². The molecule has 0 amide bonds. The summed E-state index contributed by atoms with van der Waals surface area (Å²) in [5.74, 6) is -1.81. The summed E-state index contributed by atoms with van der Waals surface area (Å²) in [6, 6.07) is 1.75. The van der Waals surface area contributed by atoms with Crippen LogP contribution < -0.4 is 0 Å². The predicted octanol–water partition coefficient (Wildman–Crippen LogP) is 2.68. The van der Waals surface area contributed by atoms with Gasteiger partial charge in [0, 0.05) is 36.5 Å². The highest BCUT2D eigenvalue weighted by Gasteiger charge is 2.63. The molecule has 2 rings (SSSR count). The number of rotatable bonds is 3. The van der Waals surface area contributed by atoms with Crippen LogP contribution in [0.3, 0.4) is 0 Å². The Bertz CT molecular complexity index is 524. The maximum atomic E-state index is 13.0. The lowest BCUT2D eigenvalue weighted by molar-refractivity contribution is -0.227. The summed E-state index contributed by atoms with van der Waals surface area (Å²) >= 11 is 3.23. The average Bonchev–Trinajstić information content (AvgIpc) is 2.73. The maximum absolute atomic E-state index is 13.0. The Balaban J connectivity index is 2.13. The number of carboxylic acid groups (broad SMARTS) is 1. The molecule has 0 aliphatic carbocycles. The van der Waals surface area contributed by atoms with Crippen LogP contribution in [-0.2, 0) is 11.3 Å². The van der Waals surface area contributed by atoms with Gasteiger partial charge in [-0.3, -0.25) is 14.7 Å². The number of hydrogen-bond donors (Lipinski definition) is 1. The molecule has 2 heterocycles. The number of aromatic nitrogens is 1. The molecule has 1 N–H and O–H groups in total. The number of nitrogens with zero attached hydrogens (tertiary/aromatic N) is 2. The van der Waals surface area contributed by atoms with E-state index in [4.69, 9.17) is 5.11 Å². The SMILES string of the molecule is O=C(O)C1(C(F)(F)F)CCN(Cc2cncc(Br)c2)C1. The van der Waals surface area contributed by atoms with E-state index in [1.165, 1.54) is 4.90 Å². The normalized spacial score (nSPS) is 24.0. The van der Waals surface area contributed by atoms with Gasteiger partial charge < -0.3 is 5.11 Å². The third-order valence-electron chi connectivity index (χ3n) is 3.47. The van der Waals surface area contributed by atoms with Crippen LogP contribution in [0, 0.1) is 5.41 Å². The van der Waals surface area contributed by atoms with Crippen molar-refractivity contribution in [2.75, 3.05) is 13.1 Å². The van der Waals surface area contributed by atoms with Crippen molar-refractivity contribution in [1.29, 1.82) is 0 Å². The Labute approximate surface area is 121 Å². The van der Waals surface area contributed by atoms with Crippen LogP contribution in [0.4, 0.5) is 13.2 Å². The summed E-state index contributed by atoms with van der Waals surface area (Å²) in [7, 11) is 0. The maximum Gasteiger partial charge on any atom is 0.406 e. The number of halogens is 4. The first-order valence-electron chi connectivity index (χ1n) is 5.86. The Hall–Kier alpha value is -1.15. The highest BCUT2D eigenvalue weighted by molar-refractivity contribution is 9.10. The van der Waals surface area contributed by atoms with Crippen molar-refractivity contribution in [3.8, 4) is 0 Å². The summed E-state index contributed by atoms with van der Waals surface area (Å²) in [4.78, 5) is 16.5.